The van der Waals surface area contributed by atoms with Crippen LogP contribution in [0.4, 0.5) is 0 Å². The lowest BCUT2D eigenvalue weighted by Gasteiger charge is -2.25. The molecule has 0 radical (unpaired) electrons. The van der Waals surface area contributed by atoms with E-state index in [4.69, 9.17) is 22.1 Å². The number of benzene rings is 1. The van der Waals surface area contributed by atoms with E-state index < -0.39 is 0 Å². The van der Waals surface area contributed by atoms with Crippen LogP contribution in [0.25, 0.3) is 0 Å². The van der Waals surface area contributed by atoms with Gasteiger partial charge in [-0.05, 0) is 39.2 Å². The van der Waals surface area contributed by atoms with Crippen LogP contribution >= 0.6 is 11.6 Å². The number of hydrogen-bond donors (Lipinski definition) is 1. The van der Waals surface area contributed by atoms with Crippen LogP contribution in [0.5, 0.6) is 5.75 Å². The van der Waals surface area contributed by atoms with E-state index in [0.29, 0.717) is 0 Å². The zero-order valence-corrected chi connectivity index (χ0v) is 11.7. The van der Waals surface area contributed by atoms with Crippen LogP contribution in [0.2, 0.25) is 5.02 Å². The SMILES string of the molecule is COc1c(C2(C(C)N)CC2)cc(C)c(Cl)c1C. The summed E-state index contributed by atoms with van der Waals surface area (Å²) in [6.45, 7) is 6.12. The molecule has 3 heteroatoms. The highest BCUT2D eigenvalue weighted by Gasteiger charge is 2.49. The molecular weight excluding hydrogens is 234 g/mol. The minimum atomic E-state index is 0.103. The van der Waals surface area contributed by atoms with Gasteiger partial charge < -0.3 is 10.5 Å². The van der Waals surface area contributed by atoms with Crippen LogP contribution in [0.1, 0.15) is 36.5 Å². The Hall–Kier alpha value is -0.730. The smallest absolute Gasteiger partial charge is 0.127 e. The van der Waals surface area contributed by atoms with Crippen molar-refractivity contribution < 1.29 is 4.74 Å². The van der Waals surface area contributed by atoms with Gasteiger partial charge in [-0.25, -0.2) is 0 Å². The second-order valence-electron chi connectivity index (χ2n) is 5.16. The summed E-state index contributed by atoms with van der Waals surface area (Å²) in [6.07, 6.45) is 2.28. The topological polar surface area (TPSA) is 35.2 Å². The van der Waals surface area contributed by atoms with Crippen molar-refractivity contribution in [3.05, 3.63) is 27.8 Å². The maximum atomic E-state index is 6.27. The predicted molar refractivity (Wildman–Crippen MR) is 72.0 cm³/mol. The third-order valence-corrected chi connectivity index (χ3v) is 4.60. The van der Waals surface area contributed by atoms with Crippen LogP contribution in [-0.2, 0) is 5.41 Å². The Kier molecular flexibility index (Phi) is 3.13. The number of hydrogen-bond acceptors (Lipinski definition) is 2. The van der Waals surface area contributed by atoms with Crippen molar-refractivity contribution >= 4 is 11.6 Å². The molecule has 1 saturated carbocycles. The highest BCUT2D eigenvalue weighted by atomic mass is 35.5. The van der Waals surface area contributed by atoms with Crippen molar-refractivity contribution in [2.75, 3.05) is 7.11 Å². The van der Waals surface area contributed by atoms with E-state index >= 15 is 0 Å². The standard InChI is InChI=1S/C14H20ClNO/c1-8-7-11(14(5-6-14)10(3)16)13(17-4)9(2)12(8)15/h7,10H,5-6,16H2,1-4H3. The Morgan fingerprint density at radius 2 is 2.00 bits per heavy atom. The highest BCUT2D eigenvalue weighted by Crippen LogP contribution is 2.54. The van der Waals surface area contributed by atoms with Crippen LogP contribution in [0.15, 0.2) is 6.07 Å². The molecule has 0 spiro atoms. The zero-order chi connectivity index (χ0) is 12.8. The minimum absolute atomic E-state index is 0.103. The first-order chi connectivity index (χ1) is 7.94. The second-order valence-corrected chi connectivity index (χ2v) is 5.54. The maximum Gasteiger partial charge on any atom is 0.127 e. The summed E-state index contributed by atoms with van der Waals surface area (Å²) in [6, 6.07) is 2.29. The molecule has 2 nitrogen and oxygen atoms in total. The first kappa shape index (κ1) is 12.7. The van der Waals surface area contributed by atoms with Gasteiger partial charge in [0.05, 0.1) is 12.1 Å². The molecule has 1 aliphatic carbocycles. The van der Waals surface area contributed by atoms with Gasteiger partial charge in [0.25, 0.3) is 0 Å². The maximum absolute atomic E-state index is 6.27. The van der Waals surface area contributed by atoms with Crippen molar-refractivity contribution in [2.24, 2.45) is 5.73 Å². The summed E-state index contributed by atoms with van der Waals surface area (Å²) in [5, 5.41) is 0.797. The molecule has 2 N–H and O–H groups in total. The molecule has 0 bridgehead atoms. The number of rotatable bonds is 3. The number of methoxy groups -OCH3 is 1. The fraction of sp³-hybridized carbons (Fsp3) is 0.571. The largest absolute Gasteiger partial charge is 0.496 e. The summed E-state index contributed by atoms with van der Waals surface area (Å²) in [5.41, 5.74) is 9.60. The van der Waals surface area contributed by atoms with E-state index in [9.17, 15) is 0 Å². The van der Waals surface area contributed by atoms with Gasteiger partial charge in [-0.15, -0.1) is 0 Å². The Bertz CT molecular complexity index is 450. The van der Waals surface area contributed by atoms with Gasteiger partial charge >= 0.3 is 0 Å². The monoisotopic (exact) mass is 253 g/mol. The summed E-state index contributed by atoms with van der Waals surface area (Å²) < 4.78 is 5.55. The Morgan fingerprint density at radius 3 is 2.41 bits per heavy atom. The molecule has 0 aliphatic heterocycles. The molecule has 1 aromatic carbocycles. The third-order valence-electron chi connectivity index (χ3n) is 4.02. The van der Waals surface area contributed by atoms with Crippen molar-refractivity contribution in [2.45, 2.75) is 45.1 Å². The average molecular weight is 254 g/mol. The molecule has 1 aliphatic rings. The van der Waals surface area contributed by atoms with Crippen LogP contribution in [-0.4, -0.2) is 13.2 Å². The number of nitrogens with two attached hydrogens (primary N) is 1. The molecular formula is C14H20ClNO. The molecule has 0 saturated heterocycles. The quantitative estimate of drug-likeness (QED) is 0.897. The van der Waals surface area contributed by atoms with E-state index in [1.807, 2.05) is 13.8 Å². The average Bonchev–Trinajstić information content (AvgIpc) is 3.06. The van der Waals surface area contributed by atoms with Crippen molar-refractivity contribution in [3.8, 4) is 5.75 Å². The summed E-state index contributed by atoms with van der Waals surface area (Å²) in [5.74, 6) is 0.912. The van der Waals surface area contributed by atoms with Crippen molar-refractivity contribution in [1.29, 1.82) is 0 Å². The van der Waals surface area contributed by atoms with Crippen molar-refractivity contribution in [1.82, 2.24) is 0 Å². The van der Waals surface area contributed by atoms with Crippen molar-refractivity contribution in [3.63, 3.8) is 0 Å². The fourth-order valence-corrected chi connectivity index (χ4v) is 2.82. The highest BCUT2D eigenvalue weighted by molar-refractivity contribution is 6.32. The van der Waals surface area contributed by atoms with E-state index in [1.54, 1.807) is 7.11 Å². The van der Waals surface area contributed by atoms with Gasteiger partial charge in [0.15, 0.2) is 0 Å². The Morgan fingerprint density at radius 1 is 1.41 bits per heavy atom. The van der Waals surface area contributed by atoms with Gasteiger partial charge in [0.2, 0.25) is 0 Å². The predicted octanol–water partition coefficient (Wildman–Crippen LogP) is 3.34. The molecule has 1 fully saturated rings. The lowest BCUT2D eigenvalue weighted by atomic mass is 9.86. The molecule has 1 unspecified atom stereocenters. The normalized spacial score (nSPS) is 18.9. The molecule has 1 aromatic rings. The van der Waals surface area contributed by atoms with Crippen LogP contribution < -0.4 is 10.5 Å². The first-order valence-electron chi connectivity index (χ1n) is 6.04. The Labute approximate surface area is 108 Å². The third kappa shape index (κ3) is 1.84. The molecule has 2 rings (SSSR count). The first-order valence-corrected chi connectivity index (χ1v) is 6.41. The molecule has 0 amide bonds. The van der Waals surface area contributed by atoms with Gasteiger partial charge in [0, 0.05) is 22.6 Å². The molecule has 1 atom stereocenters. The molecule has 0 aromatic heterocycles. The minimum Gasteiger partial charge on any atom is -0.496 e. The van der Waals surface area contributed by atoms with Gasteiger partial charge in [-0.2, -0.15) is 0 Å². The molecule has 17 heavy (non-hydrogen) atoms. The molecule has 0 heterocycles. The van der Waals surface area contributed by atoms with Crippen LogP contribution in [0, 0.1) is 13.8 Å². The second kappa shape index (κ2) is 4.18. The van der Waals surface area contributed by atoms with E-state index in [-0.39, 0.29) is 11.5 Å². The van der Waals surface area contributed by atoms with E-state index in [2.05, 4.69) is 13.0 Å². The number of aryl methyl sites for hydroxylation is 1. The van der Waals surface area contributed by atoms with E-state index in [0.717, 1.165) is 34.7 Å². The summed E-state index contributed by atoms with van der Waals surface area (Å²) >= 11 is 6.27. The zero-order valence-electron chi connectivity index (χ0n) is 10.9. The molecule has 94 valence electrons. The lowest BCUT2D eigenvalue weighted by Crippen LogP contribution is -2.32. The number of halogens is 1. The summed E-state index contributed by atoms with van der Waals surface area (Å²) in [7, 11) is 1.70. The summed E-state index contributed by atoms with van der Waals surface area (Å²) in [4.78, 5) is 0. The Balaban J connectivity index is 2.62. The van der Waals surface area contributed by atoms with Gasteiger partial charge in [-0.1, -0.05) is 17.7 Å². The fourth-order valence-electron chi connectivity index (χ4n) is 2.68. The number of ether oxygens (including phenoxy) is 1. The van der Waals surface area contributed by atoms with Crippen LogP contribution in [0.3, 0.4) is 0 Å². The van der Waals surface area contributed by atoms with Gasteiger partial charge in [0.1, 0.15) is 5.75 Å². The lowest BCUT2D eigenvalue weighted by molar-refractivity contribution is 0.395. The van der Waals surface area contributed by atoms with E-state index in [1.165, 1.54) is 5.56 Å². The van der Waals surface area contributed by atoms with Gasteiger partial charge in [-0.3, -0.25) is 0 Å².